The van der Waals surface area contributed by atoms with Crippen LogP contribution in [0.5, 0.6) is 0 Å². The van der Waals surface area contributed by atoms with Crippen LogP contribution >= 0.6 is 0 Å². The Morgan fingerprint density at radius 1 is 0.944 bits per heavy atom. The van der Waals surface area contributed by atoms with Gasteiger partial charge in [-0.25, -0.2) is 0 Å². The van der Waals surface area contributed by atoms with Gasteiger partial charge in [0.05, 0.1) is 0 Å². The Hall–Kier alpha value is -0.860. The van der Waals surface area contributed by atoms with Gasteiger partial charge in [0.1, 0.15) is 0 Å². The molecule has 0 spiro atoms. The van der Waals surface area contributed by atoms with E-state index in [0.717, 1.165) is 25.9 Å². The highest BCUT2D eigenvalue weighted by Crippen LogP contribution is 2.16. The molecule has 0 heterocycles. The van der Waals surface area contributed by atoms with Crippen molar-refractivity contribution in [2.75, 3.05) is 13.2 Å². The van der Waals surface area contributed by atoms with Gasteiger partial charge in [-0.05, 0) is 56.8 Å². The number of rotatable bonds is 8. The van der Waals surface area contributed by atoms with Gasteiger partial charge in [-0.3, -0.25) is 0 Å². The van der Waals surface area contributed by atoms with Gasteiger partial charge in [0.2, 0.25) is 0 Å². The van der Waals surface area contributed by atoms with Crippen LogP contribution in [0, 0.1) is 20.8 Å². The predicted octanol–water partition coefficient (Wildman–Crippen LogP) is 3.25. The number of aliphatic hydroxyl groups excluding tert-OH is 1. The molecule has 1 aromatic rings. The van der Waals surface area contributed by atoms with Crippen molar-refractivity contribution in [1.29, 1.82) is 0 Å². The van der Waals surface area contributed by atoms with Crippen molar-refractivity contribution in [2.45, 2.75) is 53.0 Å². The smallest absolute Gasteiger partial charge is 0.0431 e. The Balaban J connectivity index is 2.27. The Bertz CT molecular complexity index is 337. The summed E-state index contributed by atoms with van der Waals surface area (Å²) in [4.78, 5) is 0. The van der Waals surface area contributed by atoms with Gasteiger partial charge in [-0.1, -0.05) is 30.5 Å². The third-order valence-corrected chi connectivity index (χ3v) is 3.40. The molecule has 0 bridgehead atoms. The minimum atomic E-state index is 0.329. The topological polar surface area (TPSA) is 32.3 Å². The number of aliphatic hydroxyl groups is 1. The molecule has 0 aliphatic carbocycles. The summed E-state index contributed by atoms with van der Waals surface area (Å²) in [7, 11) is 0. The first kappa shape index (κ1) is 15.2. The molecule has 2 N–H and O–H groups in total. The summed E-state index contributed by atoms with van der Waals surface area (Å²) < 4.78 is 0. The van der Waals surface area contributed by atoms with E-state index in [2.05, 4.69) is 38.2 Å². The quantitative estimate of drug-likeness (QED) is 0.693. The number of benzene rings is 1. The van der Waals surface area contributed by atoms with E-state index in [1.165, 1.54) is 35.1 Å². The van der Waals surface area contributed by atoms with Crippen molar-refractivity contribution in [2.24, 2.45) is 0 Å². The number of nitrogens with one attached hydrogen (secondary N) is 1. The highest BCUT2D eigenvalue weighted by Gasteiger charge is 2.02. The predicted molar refractivity (Wildman–Crippen MR) is 77.9 cm³/mol. The van der Waals surface area contributed by atoms with Gasteiger partial charge in [0.25, 0.3) is 0 Å². The molecule has 0 aliphatic rings. The van der Waals surface area contributed by atoms with E-state index in [4.69, 9.17) is 5.11 Å². The molecule has 0 saturated carbocycles. The second-order valence-electron chi connectivity index (χ2n) is 5.19. The van der Waals surface area contributed by atoms with Crippen molar-refractivity contribution in [3.63, 3.8) is 0 Å². The number of aryl methyl sites for hydroxylation is 3. The molecule has 0 aromatic heterocycles. The molecule has 1 aromatic carbocycles. The highest BCUT2D eigenvalue weighted by atomic mass is 16.2. The molecule has 2 nitrogen and oxygen atoms in total. The standard InChI is InChI=1S/C16H27NO/c1-13-10-14(2)16(15(3)11-13)12-17-8-6-4-5-7-9-18/h10-11,17-18H,4-9,12H2,1-3H3. The Kier molecular flexibility index (Phi) is 6.99. The molecule has 102 valence electrons. The molecular formula is C16H27NO. The van der Waals surface area contributed by atoms with Crippen LogP contribution in [-0.4, -0.2) is 18.3 Å². The first-order valence-corrected chi connectivity index (χ1v) is 7.03. The molecule has 2 heteroatoms. The molecule has 0 unspecified atom stereocenters. The first-order valence-electron chi connectivity index (χ1n) is 7.03. The number of unbranched alkanes of at least 4 members (excludes halogenated alkanes) is 3. The maximum Gasteiger partial charge on any atom is 0.0431 e. The van der Waals surface area contributed by atoms with E-state index < -0.39 is 0 Å². The maximum absolute atomic E-state index is 8.69. The molecule has 18 heavy (non-hydrogen) atoms. The lowest BCUT2D eigenvalue weighted by molar-refractivity contribution is 0.282. The van der Waals surface area contributed by atoms with Crippen molar-refractivity contribution >= 4 is 0 Å². The zero-order chi connectivity index (χ0) is 13.4. The number of hydrogen-bond acceptors (Lipinski definition) is 2. The van der Waals surface area contributed by atoms with Crippen LogP contribution in [0.1, 0.15) is 47.9 Å². The molecule has 0 fully saturated rings. The molecule has 0 atom stereocenters. The van der Waals surface area contributed by atoms with Crippen LogP contribution in [0.15, 0.2) is 12.1 Å². The monoisotopic (exact) mass is 249 g/mol. The van der Waals surface area contributed by atoms with E-state index >= 15 is 0 Å². The van der Waals surface area contributed by atoms with E-state index in [9.17, 15) is 0 Å². The van der Waals surface area contributed by atoms with Crippen molar-refractivity contribution < 1.29 is 5.11 Å². The summed E-state index contributed by atoms with van der Waals surface area (Å²) in [5.41, 5.74) is 5.56. The third kappa shape index (κ3) is 5.19. The Labute approximate surface area is 111 Å². The zero-order valence-corrected chi connectivity index (χ0v) is 12.1. The second-order valence-corrected chi connectivity index (χ2v) is 5.19. The summed E-state index contributed by atoms with van der Waals surface area (Å²) in [6.07, 6.45) is 4.49. The van der Waals surface area contributed by atoms with Gasteiger partial charge in [0.15, 0.2) is 0 Å². The van der Waals surface area contributed by atoms with Crippen molar-refractivity contribution in [1.82, 2.24) is 5.32 Å². The van der Waals surface area contributed by atoms with Crippen molar-refractivity contribution in [3.8, 4) is 0 Å². The Morgan fingerprint density at radius 2 is 1.56 bits per heavy atom. The average molecular weight is 249 g/mol. The van der Waals surface area contributed by atoms with E-state index in [1.54, 1.807) is 0 Å². The van der Waals surface area contributed by atoms with Crippen LogP contribution in [-0.2, 0) is 6.54 Å². The summed E-state index contributed by atoms with van der Waals surface area (Å²) in [6.45, 7) is 8.90. The minimum absolute atomic E-state index is 0.329. The average Bonchev–Trinajstić information content (AvgIpc) is 2.30. The fourth-order valence-electron chi connectivity index (χ4n) is 2.42. The number of hydrogen-bond donors (Lipinski definition) is 2. The van der Waals surface area contributed by atoms with Gasteiger partial charge in [-0.2, -0.15) is 0 Å². The lowest BCUT2D eigenvalue weighted by Crippen LogP contribution is -2.16. The summed E-state index contributed by atoms with van der Waals surface area (Å²) in [5, 5.41) is 12.2. The highest BCUT2D eigenvalue weighted by molar-refractivity contribution is 5.37. The summed E-state index contributed by atoms with van der Waals surface area (Å²) >= 11 is 0. The lowest BCUT2D eigenvalue weighted by atomic mass is 10.00. The van der Waals surface area contributed by atoms with Crippen LogP contribution in [0.3, 0.4) is 0 Å². The molecule has 0 aliphatic heterocycles. The van der Waals surface area contributed by atoms with E-state index in [-0.39, 0.29) is 0 Å². The lowest BCUT2D eigenvalue weighted by Gasteiger charge is -2.12. The van der Waals surface area contributed by atoms with Gasteiger partial charge in [0, 0.05) is 13.2 Å². The minimum Gasteiger partial charge on any atom is -0.396 e. The molecule has 0 amide bonds. The first-order chi connectivity index (χ1) is 8.65. The van der Waals surface area contributed by atoms with Crippen LogP contribution in [0.2, 0.25) is 0 Å². The van der Waals surface area contributed by atoms with Crippen LogP contribution in [0.4, 0.5) is 0 Å². The fraction of sp³-hybridized carbons (Fsp3) is 0.625. The maximum atomic E-state index is 8.69. The fourth-order valence-corrected chi connectivity index (χ4v) is 2.42. The van der Waals surface area contributed by atoms with E-state index in [0.29, 0.717) is 6.61 Å². The molecule has 0 saturated heterocycles. The molecule has 1 rings (SSSR count). The van der Waals surface area contributed by atoms with Gasteiger partial charge < -0.3 is 10.4 Å². The zero-order valence-electron chi connectivity index (χ0n) is 12.1. The van der Waals surface area contributed by atoms with E-state index in [1.807, 2.05) is 0 Å². The van der Waals surface area contributed by atoms with Crippen LogP contribution in [0.25, 0.3) is 0 Å². The SMILES string of the molecule is Cc1cc(C)c(CNCCCCCCO)c(C)c1. The normalized spacial score (nSPS) is 10.9. The Morgan fingerprint density at radius 3 is 2.17 bits per heavy atom. The third-order valence-electron chi connectivity index (χ3n) is 3.40. The second kappa shape index (κ2) is 8.28. The largest absolute Gasteiger partial charge is 0.396 e. The van der Waals surface area contributed by atoms with Crippen molar-refractivity contribution in [3.05, 3.63) is 34.4 Å². The summed E-state index contributed by atoms with van der Waals surface area (Å²) in [6, 6.07) is 4.51. The molecule has 0 radical (unpaired) electrons. The molecular weight excluding hydrogens is 222 g/mol. The summed E-state index contributed by atoms with van der Waals surface area (Å²) in [5.74, 6) is 0. The van der Waals surface area contributed by atoms with Crippen LogP contribution < -0.4 is 5.32 Å². The van der Waals surface area contributed by atoms with Gasteiger partial charge >= 0.3 is 0 Å². The van der Waals surface area contributed by atoms with Gasteiger partial charge in [-0.15, -0.1) is 0 Å².